The van der Waals surface area contributed by atoms with Crippen molar-refractivity contribution >= 4 is 28.0 Å². The second-order valence-electron chi connectivity index (χ2n) is 11.9. The van der Waals surface area contributed by atoms with Crippen LogP contribution in [0.15, 0.2) is 54.9 Å². The van der Waals surface area contributed by atoms with Gasteiger partial charge in [0.25, 0.3) is 0 Å². The molecule has 1 heterocycles. The van der Waals surface area contributed by atoms with Gasteiger partial charge in [-0.25, -0.2) is 96.8 Å². The highest BCUT2D eigenvalue weighted by Crippen LogP contribution is 2.30. The van der Waals surface area contributed by atoms with Crippen LogP contribution in [-0.2, 0) is 6.54 Å². The van der Waals surface area contributed by atoms with Gasteiger partial charge >= 0.3 is 0 Å². The Labute approximate surface area is 314 Å². The van der Waals surface area contributed by atoms with Crippen LogP contribution < -0.4 is 26.4 Å². The summed E-state index contributed by atoms with van der Waals surface area (Å²) in [6.45, 7) is 0.577. The Balaban J connectivity index is 0.000000395. The summed E-state index contributed by atoms with van der Waals surface area (Å²) in [6, 6.07) is 12.6. The van der Waals surface area contributed by atoms with E-state index in [1.807, 2.05) is 41.2 Å². The minimum Gasteiger partial charge on any atom is -0.207 e. The maximum Gasteiger partial charge on any atom is 0.200 e. The van der Waals surface area contributed by atoms with Gasteiger partial charge in [-0.1, -0.05) is 18.2 Å². The van der Waals surface area contributed by atoms with Crippen molar-refractivity contribution in [2.24, 2.45) is 0 Å². The molecular formula is C36H11BF21N. The summed E-state index contributed by atoms with van der Waals surface area (Å²) in [5, 5.41) is 0. The standard InChI is InChI=1S/C24BF20.C12H11FN/c26-5-1(6(27)14(35)21(42)13(5)34)25(2-7(28)15(36)22(43)16(37)8(2)29,3-9(30)17(38)23(44)18(39)10(3)31)4-11(32)19(40)24(45)20(41)12(4)33;13-12-7-3-2-6-11(12)10-14-8-4-1-5-9-14/h;1-9H,10H2/q-1;+1. The average molecular weight is 867 g/mol. The van der Waals surface area contributed by atoms with Crippen LogP contribution in [0.2, 0.25) is 0 Å². The molecule has 6 rings (SSSR count). The van der Waals surface area contributed by atoms with Gasteiger partial charge in [0, 0.05) is 12.1 Å². The summed E-state index contributed by atoms with van der Waals surface area (Å²) in [6.07, 6.45) is -3.37. The zero-order valence-corrected chi connectivity index (χ0v) is 27.9. The molecule has 1 aromatic heterocycles. The van der Waals surface area contributed by atoms with E-state index in [0.29, 0.717) is 12.1 Å². The Morgan fingerprint density at radius 3 is 0.780 bits per heavy atom. The van der Waals surface area contributed by atoms with E-state index in [0.717, 1.165) is 0 Å². The molecule has 0 unspecified atom stereocenters. The maximum absolute atomic E-state index is 15.4. The van der Waals surface area contributed by atoms with Crippen LogP contribution >= 0.6 is 0 Å². The second-order valence-corrected chi connectivity index (χ2v) is 11.9. The molecule has 0 aliphatic carbocycles. The Morgan fingerprint density at radius 2 is 0.525 bits per heavy atom. The van der Waals surface area contributed by atoms with Gasteiger partial charge < -0.3 is 0 Å². The quantitative estimate of drug-likeness (QED) is 0.0526. The molecule has 0 bridgehead atoms. The molecule has 0 fully saturated rings. The van der Waals surface area contributed by atoms with Gasteiger partial charge in [0.05, 0.1) is 5.56 Å². The predicted molar refractivity (Wildman–Crippen MR) is 161 cm³/mol. The van der Waals surface area contributed by atoms with Gasteiger partial charge in [0.15, 0.2) is 88.7 Å². The van der Waals surface area contributed by atoms with Gasteiger partial charge in [-0.2, -0.15) is 0 Å². The summed E-state index contributed by atoms with van der Waals surface area (Å²) >= 11 is 0. The van der Waals surface area contributed by atoms with Crippen molar-refractivity contribution in [1.82, 2.24) is 0 Å². The molecule has 0 saturated heterocycles. The van der Waals surface area contributed by atoms with Crippen molar-refractivity contribution in [3.05, 3.63) is 183 Å². The first-order valence-corrected chi connectivity index (χ1v) is 15.5. The smallest absolute Gasteiger partial charge is 0.200 e. The van der Waals surface area contributed by atoms with Crippen molar-refractivity contribution in [1.29, 1.82) is 0 Å². The number of halogens is 21. The van der Waals surface area contributed by atoms with Crippen LogP contribution in [0.1, 0.15) is 5.56 Å². The predicted octanol–water partition coefficient (Wildman–Crippen LogP) is 8.01. The Hall–Kier alpha value is -6.16. The molecule has 5 aromatic carbocycles. The van der Waals surface area contributed by atoms with Crippen LogP contribution in [0.4, 0.5) is 92.2 Å². The normalized spacial score (nSPS) is 11.5. The third-order valence-electron chi connectivity index (χ3n) is 8.80. The van der Waals surface area contributed by atoms with Gasteiger partial charge in [-0.3, -0.25) is 0 Å². The Bertz CT molecular complexity index is 2270. The van der Waals surface area contributed by atoms with E-state index in [1.54, 1.807) is 12.1 Å². The molecule has 0 aliphatic rings. The summed E-state index contributed by atoms with van der Waals surface area (Å²) in [4.78, 5) is 0. The Morgan fingerprint density at radius 1 is 0.288 bits per heavy atom. The zero-order chi connectivity index (χ0) is 44.2. The molecule has 310 valence electrons. The zero-order valence-electron chi connectivity index (χ0n) is 27.9. The summed E-state index contributed by atoms with van der Waals surface area (Å²) in [5.74, 6) is -71.6. The van der Waals surface area contributed by atoms with Gasteiger partial charge in [-0.05, 0) is 12.1 Å². The summed E-state index contributed by atoms with van der Waals surface area (Å²) < 4.78 is 309. The van der Waals surface area contributed by atoms with E-state index in [9.17, 15) is 57.1 Å². The van der Waals surface area contributed by atoms with Crippen LogP contribution in [0.25, 0.3) is 0 Å². The molecule has 0 saturated carbocycles. The lowest BCUT2D eigenvalue weighted by Crippen LogP contribution is -2.81. The fraction of sp³-hybridized carbons (Fsp3) is 0.0278. The first-order chi connectivity index (χ1) is 27.6. The number of benzene rings is 5. The van der Waals surface area contributed by atoms with E-state index in [2.05, 4.69) is 0 Å². The van der Waals surface area contributed by atoms with Crippen LogP contribution in [0.3, 0.4) is 0 Å². The summed E-state index contributed by atoms with van der Waals surface area (Å²) in [5.41, 5.74) is -13.6. The fourth-order valence-corrected chi connectivity index (χ4v) is 6.24. The highest BCUT2D eigenvalue weighted by atomic mass is 19.2. The minimum absolute atomic E-state index is 0.149. The Kier molecular flexibility index (Phi) is 12.1. The third kappa shape index (κ3) is 6.88. The molecule has 59 heavy (non-hydrogen) atoms. The monoisotopic (exact) mass is 867 g/mol. The number of aromatic nitrogens is 1. The topological polar surface area (TPSA) is 3.88 Å². The van der Waals surface area contributed by atoms with Crippen molar-refractivity contribution < 1.29 is 96.8 Å². The largest absolute Gasteiger partial charge is 0.207 e. The molecule has 0 spiro atoms. The first kappa shape index (κ1) is 44.0. The van der Waals surface area contributed by atoms with E-state index in [4.69, 9.17) is 0 Å². The van der Waals surface area contributed by atoms with Gasteiger partial charge in [-0.15, -0.1) is 21.9 Å². The lowest BCUT2D eigenvalue weighted by Gasteiger charge is -2.44. The van der Waals surface area contributed by atoms with Crippen LogP contribution in [0.5, 0.6) is 0 Å². The number of rotatable bonds is 6. The van der Waals surface area contributed by atoms with E-state index in [1.165, 1.54) is 6.07 Å². The van der Waals surface area contributed by atoms with Crippen LogP contribution in [0, 0.1) is 122 Å². The fourth-order valence-electron chi connectivity index (χ4n) is 6.24. The van der Waals surface area contributed by atoms with Gasteiger partial charge in [0.2, 0.25) is 0 Å². The van der Waals surface area contributed by atoms with Gasteiger partial charge in [0.1, 0.15) is 58.5 Å². The molecule has 23 heteroatoms. The van der Waals surface area contributed by atoms with Crippen LogP contribution in [-0.4, -0.2) is 6.15 Å². The van der Waals surface area contributed by atoms with Crippen molar-refractivity contribution in [2.75, 3.05) is 0 Å². The molecule has 0 N–H and O–H groups in total. The lowest BCUT2D eigenvalue weighted by atomic mass is 9.12. The molecule has 0 aliphatic heterocycles. The van der Waals surface area contributed by atoms with E-state index in [-0.39, 0.29) is 5.82 Å². The highest BCUT2D eigenvalue weighted by Gasteiger charge is 2.52. The van der Waals surface area contributed by atoms with E-state index >= 15 is 35.1 Å². The van der Waals surface area contributed by atoms with Crippen molar-refractivity contribution in [3.63, 3.8) is 0 Å². The van der Waals surface area contributed by atoms with E-state index < -0.39 is 144 Å². The number of nitrogens with zero attached hydrogens (tertiary/aromatic N) is 1. The molecule has 1 nitrogen and oxygen atoms in total. The van der Waals surface area contributed by atoms with Crippen molar-refractivity contribution in [3.8, 4) is 0 Å². The highest BCUT2D eigenvalue weighted by molar-refractivity contribution is 7.20. The molecule has 6 aromatic rings. The summed E-state index contributed by atoms with van der Waals surface area (Å²) in [7, 11) is 0. The minimum atomic E-state index is -7.22. The maximum atomic E-state index is 15.4. The van der Waals surface area contributed by atoms with Crippen molar-refractivity contribution in [2.45, 2.75) is 6.54 Å². The SMILES string of the molecule is Fc1c(F)c(F)c([B-](c2c(F)c(F)c(F)c(F)c2F)(c2c(F)c(F)c(F)c(F)c2F)c2c(F)c(F)c(F)c(F)c2F)c(F)c1F.Fc1ccccc1C[n+]1ccccc1. The lowest BCUT2D eigenvalue weighted by molar-refractivity contribution is -0.688. The number of hydrogen-bond acceptors (Lipinski definition) is 0. The number of pyridine rings is 1. The second kappa shape index (κ2) is 16.2. The molecular weight excluding hydrogens is 856 g/mol. The molecule has 0 radical (unpaired) electrons. The average Bonchev–Trinajstić information content (AvgIpc) is 3.22. The third-order valence-corrected chi connectivity index (χ3v) is 8.80. The number of hydrogen-bond donors (Lipinski definition) is 0. The molecule has 0 atom stereocenters. The molecule has 0 amide bonds. The first-order valence-electron chi connectivity index (χ1n) is 15.5.